The molecule has 0 aliphatic carbocycles. The van der Waals surface area contributed by atoms with E-state index in [0.29, 0.717) is 19.1 Å². The lowest BCUT2D eigenvalue weighted by molar-refractivity contribution is 0.255. The van der Waals surface area contributed by atoms with Crippen LogP contribution in [0.15, 0.2) is 37.7 Å². The summed E-state index contributed by atoms with van der Waals surface area (Å²) in [5.74, 6) is 0.606. The predicted molar refractivity (Wildman–Crippen MR) is 167 cm³/mol. The molecule has 1 aromatic carbocycles. The number of benzene rings is 1. The minimum Gasteiger partial charge on any atom is -0.491 e. The molecule has 37 heavy (non-hydrogen) atoms. The van der Waals surface area contributed by atoms with Gasteiger partial charge in [-0.3, -0.25) is 4.74 Å². The first-order valence-electron chi connectivity index (χ1n) is 14.0. The average molecular weight is 595 g/mol. The molecule has 0 spiro atoms. The highest BCUT2D eigenvalue weighted by atomic mass is 79.9. The first-order chi connectivity index (χ1) is 16.7. The van der Waals surface area contributed by atoms with Crippen LogP contribution in [0.4, 0.5) is 5.69 Å². The van der Waals surface area contributed by atoms with Gasteiger partial charge in [0.2, 0.25) is 0 Å². The van der Waals surface area contributed by atoms with Crippen molar-refractivity contribution >= 4 is 28.7 Å². The van der Waals surface area contributed by atoms with Gasteiger partial charge in [0.25, 0.3) is 0 Å². The van der Waals surface area contributed by atoms with Crippen molar-refractivity contribution in [2.45, 2.75) is 120 Å². The zero-order valence-corrected chi connectivity index (χ0v) is 28.8. The number of halogens is 1. The van der Waals surface area contributed by atoms with Crippen molar-refractivity contribution in [1.82, 2.24) is 0 Å². The second-order valence-corrected chi connectivity index (χ2v) is 17.5. The second kappa shape index (κ2) is 11.2. The van der Waals surface area contributed by atoms with Crippen molar-refractivity contribution in [3.63, 3.8) is 0 Å². The molecule has 0 saturated carbocycles. The zero-order valence-electron chi connectivity index (χ0n) is 26.3. The van der Waals surface area contributed by atoms with Gasteiger partial charge in [-0.2, -0.15) is 0 Å². The van der Waals surface area contributed by atoms with Crippen LogP contribution in [0.3, 0.4) is 0 Å². The Morgan fingerprint density at radius 1 is 0.838 bits per heavy atom. The minimum absolute atomic E-state index is 0.0454. The summed E-state index contributed by atoms with van der Waals surface area (Å²) in [6.07, 6.45) is 0. The predicted octanol–water partition coefficient (Wildman–Crippen LogP) is 11.5. The molecule has 0 saturated heterocycles. The Morgan fingerprint density at radius 2 is 1.32 bits per heavy atom. The number of allylic oxidation sites excluding steroid dienone is 2. The zero-order chi connectivity index (χ0) is 28.7. The van der Waals surface area contributed by atoms with Gasteiger partial charge in [0, 0.05) is 10.6 Å². The highest BCUT2D eigenvalue weighted by Crippen LogP contribution is 2.88. The van der Waals surface area contributed by atoms with Crippen LogP contribution in [0.1, 0.15) is 121 Å². The average Bonchev–Trinajstić information content (AvgIpc) is 3.32. The SMILES string of the molecule is CCOC1=C(C(C)C)P1(=Nc1c(C(C)(C)C)cc(C(C)(C)C)cc1C(C)(C)C)/C(=C(/Br)OCC)C(C)C. The van der Waals surface area contributed by atoms with Gasteiger partial charge in [0.05, 0.1) is 26.0 Å². The molecule has 0 aromatic heterocycles. The molecule has 3 nitrogen and oxygen atoms in total. The van der Waals surface area contributed by atoms with E-state index in [2.05, 4.69) is 125 Å². The number of hydrogen-bond donors (Lipinski definition) is 0. The van der Waals surface area contributed by atoms with E-state index in [4.69, 9.17) is 14.2 Å². The van der Waals surface area contributed by atoms with Gasteiger partial charge in [-0.15, -0.1) is 0 Å². The van der Waals surface area contributed by atoms with Crippen molar-refractivity contribution in [1.29, 1.82) is 0 Å². The van der Waals surface area contributed by atoms with Crippen LogP contribution < -0.4 is 0 Å². The Balaban J connectivity index is 3.21. The third-order valence-corrected chi connectivity index (χ3v) is 11.9. The maximum absolute atomic E-state index is 6.43. The molecule has 1 aliphatic heterocycles. The van der Waals surface area contributed by atoms with E-state index in [1.165, 1.54) is 27.3 Å². The second-order valence-electron chi connectivity index (χ2n) is 13.9. The lowest BCUT2D eigenvalue weighted by atomic mass is 9.74. The van der Waals surface area contributed by atoms with Crippen LogP contribution in [0.5, 0.6) is 0 Å². The van der Waals surface area contributed by atoms with Gasteiger partial charge in [-0.1, -0.05) is 102 Å². The molecule has 0 fully saturated rings. The Morgan fingerprint density at radius 3 is 1.65 bits per heavy atom. The molecule has 1 heterocycles. The lowest BCUT2D eigenvalue weighted by Gasteiger charge is -2.33. The summed E-state index contributed by atoms with van der Waals surface area (Å²) in [4.78, 5) is 0. The van der Waals surface area contributed by atoms with Crippen molar-refractivity contribution < 1.29 is 9.47 Å². The topological polar surface area (TPSA) is 30.8 Å². The molecular weight excluding hydrogens is 541 g/mol. The van der Waals surface area contributed by atoms with E-state index in [1.54, 1.807) is 0 Å². The fraction of sp³-hybridized carbons (Fsp3) is 0.688. The largest absolute Gasteiger partial charge is 0.491 e. The van der Waals surface area contributed by atoms with E-state index < -0.39 is 7.05 Å². The van der Waals surface area contributed by atoms with Crippen LogP contribution in [0.2, 0.25) is 0 Å². The van der Waals surface area contributed by atoms with Gasteiger partial charge in [-0.25, -0.2) is 0 Å². The lowest BCUT2D eigenvalue weighted by Crippen LogP contribution is -2.21. The summed E-state index contributed by atoms with van der Waals surface area (Å²) in [7, 11) is -2.26. The highest BCUT2D eigenvalue weighted by molar-refractivity contribution is 9.11. The van der Waals surface area contributed by atoms with Crippen LogP contribution in [-0.4, -0.2) is 13.2 Å². The number of ether oxygens (including phenoxy) is 2. The number of nitrogens with zero attached hydrogens (tertiary/aromatic N) is 1. The molecule has 1 aromatic rings. The quantitative estimate of drug-likeness (QED) is 0.221. The molecule has 2 rings (SSSR count). The first-order valence-corrected chi connectivity index (χ1v) is 16.5. The molecule has 210 valence electrons. The Bertz CT molecular complexity index is 1080. The summed E-state index contributed by atoms with van der Waals surface area (Å²) in [6, 6.07) is 4.83. The third kappa shape index (κ3) is 6.60. The normalized spacial score (nSPS) is 19.4. The fourth-order valence-corrected chi connectivity index (χ4v) is 10.9. The van der Waals surface area contributed by atoms with Gasteiger partial charge in [-0.05, 0) is 74.5 Å². The summed E-state index contributed by atoms with van der Waals surface area (Å²) >= 11 is 3.85. The van der Waals surface area contributed by atoms with Crippen molar-refractivity contribution in [2.75, 3.05) is 13.2 Å². The summed E-state index contributed by atoms with van der Waals surface area (Å²) in [6.45, 7) is 35.2. The Hall–Kier alpha value is -0.990. The van der Waals surface area contributed by atoms with Crippen LogP contribution in [0, 0.1) is 11.8 Å². The summed E-state index contributed by atoms with van der Waals surface area (Å²) in [5, 5.41) is 2.62. The van der Waals surface area contributed by atoms with Crippen molar-refractivity contribution in [3.05, 3.63) is 49.6 Å². The van der Waals surface area contributed by atoms with E-state index in [0.717, 1.165) is 15.9 Å². The molecule has 1 unspecified atom stereocenters. The summed E-state index contributed by atoms with van der Waals surface area (Å²) in [5.41, 5.74) is 6.14. The van der Waals surface area contributed by atoms with Crippen molar-refractivity contribution in [3.8, 4) is 0 Å². The summed E-state index contributed by atoms with van der Waals surface area (Å²) < 4.78 is 19.3. The monoisotopic (exact) mass is 593 g/mol. The molecule has 5 heteroatoms. The Kier molecular flexibility index (Phi) is 9.79. The van der Waals surface area contributed by atoms with Crippen LogP contribution >= 0.6 is 23.0 Å². The number of rotatable bonds is 8. The van der Waals surface area contributed by atoms with E-state index >= 15 is 0 Å². The molecule has 0 N–H and O–H groups in total. The Labute approximate surface area is 237 Å². The maximum atomic E-state index is 6.43. The fourth-order valence-electron chi connectivity index (χ4n) is 4.95. The maximum Gasteiger partial charge on any atom is 0.168 e. The van der Waals surface area contributed by atoms with Crippen LogP contribution in [-0.2, 0) is 25.7 Å². The van der Waals surface area contributed by atoms with Crippen LogP contribution in [0.25, 0.3) is 0 Å². The number of hydrogen-bond acceptors (Lipinski definition) is 3. The minimum atomic E-state index is -2.26. The van der Waals surface area contributed by atoms with Crippen molar-refractivity contribution in [2.24, 2.45) is 16.6 Å². The molecule has 0 radical (unpaired) electrons. The van der Waals surface area contributed by atoms with E-state index in [9.17, 15) is 0 Å². The molecule has 0 amide bonds. The molecular formula is C32H53BrNO2P. The third-order valence-electron chi connectivity index (χ3n) is 6.85. The molecule has 1 aliphatic rings. The highest BCUT2D eigenvalue weighted by Gasteiger charge is 2.55. The molecule has 1 atom stereocenters. The smallest absolute Gasteiger partial charge is 0.168 e. The van der Waals surface area contributed by atoms with Gasteiger partial charge < -0.3 is 9.47 Å². The first kappa shape index (κ1) is 32.2. The van der Waals surface area contributed by atoms with Gasteiger partial charge in [0.1, 0.15) is 5.50 Å². The van der Waals surface area contributed by atoms with Gasteiger partial charge >= 0.3 is 0 Å². The van der Waals surface area contributed by atoms with E-state index in [1.807, 2.05) is 6.92 Å². The molecule has 0 bridgehead atoms. The van der Waals surface area contributed by atoms with Gasteiger partial charge in [0.15, 0.2) is 4.67 Å². The standard InChI is InChI=1S/C32H53BrNO2P/c1-16-35-28(33)26(20(3)4)37(27(21(5)6)29(37)36-17-2)34-25-23(31(10,11)12)18-22(30(7,8)9)19-24(25)32(13,14)15/h18-21H,16-17H2,1-15H3/b28-26-. The van der Waals surface area contributed by atoms with E-state index in [-0.39, 0.29) is 22.2 Å².